The standard InChI is InChI=1S/C27H22N2O4S/c1-15-7-10-17(11-8-15)23-22(24(30)18-5-4-6-19(14-18)33-3)25(31)26(32)29(23)27-28-20-12-9-16(2)13-21(20)34-27/h4-14,23,30H,1-3H3. The van der Waals surface area contributed by atoms with Crippen LogP contribution in [0.5, 0.6) is 5.75 Å². The van der Waals surface area contributed by atoms with Gasteiger partial charge in [-0.15, -0.1) is 0 Å². The van der Waals surface area contributed by atoms with E-state index in [1.54, 1.807) is 24.3 Å². The Bertz CT molecular complexity index is 1470. The number of ketones is 1. The number of carbonyl (C=O) groups excluding carboxylic acids is 2. The Balaban J connectivity index is 1.73. The number of aliphatic hydroxyl groups is 1. The number of aromatic nitrogens is 1. The van der Waals surface area contributed by atoms with Crippen molar-refractivity contribution in [3.8, 4) is 5.75 Å². The molecule has 170 valence electrons. The molecule has 1 unspecified atom stereocenters. The second-order valence-corrected chi connectivity index (χ2v) is 9.29. The molecule has 0 spiro atoms. The molecule has 4 aromatic rings. The first-order valence-electron chi connectivity index (χ1n) is 10.8. The lowest BCUT2D eigenvalue weighted by Crippen LogP contribution is -2.29. The Morgan fingerprint density at radius 2 is 1.74 bits per heavy atom. The molecule has 0 saturated carbocycles. The first-order valence-corrected chi connectivity index (χ1v) is 11.6. The van der Waals surface area contributed by atoms with Gasteiger partial charge in [-0.05, 0) is 49.2 Å². The van der Waals surface area contributed by atoms with Gasteiger partial charge in [0.25, 0.3) is 5.78 Å². The molecule has 1 saturated heterocycles. The molecule has 5 rings (SSSR count). The van der Waals surface area contributed by atoms with Gasteiger partial charge in [0.05, 0.1) is 28.9 Å². The molecular weight excluding hydrogens is 448 g/mol. The summed E-state index contributed by atoms with van der Waals surface area (Å²) in [5, 5.41) is 11.7. The molecule has 6 nitrogen and oxygen atoms in total. The minimum absolute atomic E-state index is 0.0255. The monoisotopic (exact) mass is 470 g/mol. The summed E-state index contributed by atoms with van der Waals surface area (Å²) in [6.45, 7) is 3.96. The molecule has 0 bridgehead atoms. The topological polar surface area (TPSA) is 79.7 Å². The number of hydrogen-bond acceptors (Lipinski definition) is 6. The number of methoxy groups -OCH3 is 1. The molecule has 1 amide bonds. The fraction of sp³-hybridized carbons (Fsp3) is 0.148. The maximum absolute atomic E-state index is 13.3. The van der Waals surface area contributed by atoms with Crippen LogP contribution in [0.1, 0.15) is 28.3 Å². The summed E-state index contributed by atoms with van der Waals surface area (Å²) < 4.78 is 6.19. The minimum atomic E-state index is -0.812. The second kappa shape index (κ2) is 8.43. The zero-order chi connectivity index (χ0) is 24.0. The molecule has 1 aromatic heterocycles. The third kappa shape index (κ3) is 3.64. The van der Waals surface area contributed by atoms with Crippen molar-refractivity contribution in [2.75, 3.05) is 12.0 Å². The number of carbonyl (C=O) groups is 2. The minimum Gasteiger partial charge on any atom is -0.507 e. The summed E-state index contributed by atoms with van der Waals surface area (Å²) in [5.41, 5.74) is 4.02. The summed E-state index contributed by atoms with van der Waals surface area (Å²) >= 11 is 1.35. The van der Waals surface area contributed by atoms with Crippen LogP contribution in [0.15, 0.2) is 72.3 Å². The highest BCUT2D eigenvalue weighted by atomic mass is 32.1. The van der Waals surface area contributed by atoms with Crippen LogP contribution in [0.4, 0.5) is 5.13 Å². The Labute approximate surface area is 200 Å². The van der Waals surface area contributed by atoms with E-state index in [1.807, 2.05) is 56.3 Å². The van der Waals surface area contributed by atoms with E-state index in [2.05, 4.69) is 4.98 Å². The largest absolute Gasteiger partial charge is 0.507 e. The Morgan fingerprint density at radius 3 is 2.47 bits per heavy atom. The number of rotatable bonds is 4. The van der Waals surface area contributed by atoms with E-state index in [4.69, 9.17) is 4.74 Å². The Morgan fingerprint density at radius 1 is 1.00 bits per heavy atom. The molecule has 2 heterocycles. The number of ether oxygens (including phenoxy) is 1. The summed E-state index contributed by atoms with van der Waals surface area (Å²) in [6, 6.07) is 19.4. The van der Waals surface area contributed by atoms with Gasteiger partial charge in [-0.25, -0.2) is 4.98 Å². The molecule has 1 aliphatic rings. The van der Waals surface area contributed by atoms with Crippen LogP contribution < -0.4 is 9.64 Å². The van der Waals surface area contributed by atoms with E-state index in [1.165, 1.54) is 23.3 Å². The fourth-order valence-corrected chi connectivity index (χ4v) is 5.23. The molecule has 0 aliphatic carbocycles. The zero-order valence-corrected chi connectivity index (χ0v) is 19.7. The number of benzene rings is 3. The van der Waals surface area contributed by atoms with Crippen LogP contribution in [0, 0.1) is 13.8 Å². The molecule has 1 fully saturated rings. The number of aryl methyl sites for hydroxylation is 2. The van der Waals surface area contributed by atoms with E-state index >= 15 is 0 Å². The van der Waals surface area contributed by atoms with Crippen molar-refractivity contribution >= 4 is 44.1 Å². The van der Waals surface area contributed by atoms with E-state index in [-0.39, 0.29) is 11.3 Å². The van der Waals surface area contributed by atoms with Crippen molar-refractivity contribution in [3.05, 3.63) is 94.6 Å². The third-order valence-electron chi connectivity index (χ3n) is 5.92. The van der Waals surface area contributed by atoms with E-state index in [0.29, 0.717) is 22.0 Å². The van der Waals surface area contributed by atoms with Crippen LogP contribution >= 0.6 is 11.3 Å². The van der Waals surface area contributed by atoms with Gasteiger partial charge in [0.2, 0.25) is 0 Å². The first kappa shape index (κ1) is 21.9. The second-order valence-electron chi connectivity index (χ2n) is 8.28. The average Bonchev–Trinajstić information content (AvgIpc) is 3.37. The normalized spacial score (nSPS) is 17.5. The van der Waals surface area contributed by atoms with Crippen molar-refractivity contribution in [1.82, 2.24) is 4.98 Å². The van der Waals surface area contributed by atoms with Gasteiger partial charge in [0, 0.05) is 5.56 Å². The number of aliphatic hydroxyl groups excluding tert-OH is 1. The molecule has 1 N–H and O–H groups in total. The predicted octanol–water partition coefficient (Wildman–Crippen LogP) is 5.55. The Hall–Kier alpha value is -3.97. The molecule has 1 aliphatic heterocycles. The van der Waals surface area contributed by atoms with Crippen molar-refractivity contribution in [2.24, 2.45) is 0 Å². The molecular formula is C27H22N2O4S. The van der Waals surface area contributed by atoms with Gasteiger partial charge in [-0.2, -0.15) is 0 Å². The quantitative estimate of drug-likeness (QED) is 0.240. The molecule has 3 aromatic carbocycles. The maximum Gasteiger partial charge on any atom is 0.301 e. The molecule has 1 atom stereocenters. The lowest BCUT2D eigenvalue weighted by molar-refractivity contribution is -0.132. The fourth-order valence-electron chi connectivity index (χ4n) is 4.14. The third-order valence-corrected chi connectivity index (χ3v) is 6.94. The summed E-state index contributed by atoms with van der Waals surface area (Å²) in [4.78, 5) is 32.7. The van der Waals surface area contributed by atoms with E-state index in [9.17, 15) is 14.7 Å². The van der Waals surface area contributed by atoms with Crippen molar-refractivity contribution in [1.29, 1.82) is 0 Å². The zero-order valence-electron chi connectivity index (χ0n) is 18.9. The number of thiazole rings is 1. The lowest BCUT2D eigenvalue weighted by atomic mass is 9.95. The summed E-state index contributed by atoms with van der Waals surface area (Å²) in [5.74, 6) is -1.18. The lowest BCUT2D eigenvalue weighted by Gasteiger charge is -2.23. The summed E-state index contributed by atoms with van der Waals surface area (Å²) in [7, 11) is 1.53. The highest BCUT2D eigenvalue weighted by Crippen LogP contribution is 2.44. The van der Waals surface area contributed by atoms with Crippen molar-refractivity contribution in [2.45, 2.75) is 19.9 Å². The van der Waals surface area contributed by atoms with E-state index in [0.717, 1.165) is 21.3 Å². The number of nitrogens with zero attached hydrogens (tertiary/aromatic N) is 2. The van der Waals surface area contributed by atoms with Crippen LogP contribution in [0.2, 0.25) is 0 Å². The van der Waals surface area contributed by atoms with Crippen molar-refractivity contribution < 1.29 is 19.4 Å². The van der Waals surface area contributed by atoms with Gasteiger partial charge in [0.15, 0.2) is 5.13 Å². The van der Waals surface area contributed by atoms with Crippen LogP contribution in [-0.2, 0) is 9.59 Å². The number of Topliss-reactive ketones (excluding diaryl/α,β-unsaturated/α-hetero) is 1. The van der Waals surface area contributed by atoms with Gasteiger partial charge in [0.1, 0.15) is 11.5 Å². The molecule has 7 heteroatoms. The van der Waals surface area contributed by atoms with Gasteiger partial charge >= 0.3 is 5.91 Å². The van der Waals surface area contributed by atoms with Crippen molar-refractivity contribution in [3.63, 3.8) is 0 Å². The maximum atomic E-state index is 13.3. The molecule has 0 radical (unpaired) electrons. The summed E-state index contributed by atoms with van der Waals surface area (Å²) in [6.07, 6.45) is 0. The smallest absolute Gasteiger partial charge is 0.301 e. The number of anilines is 1. The first-order chi connectivity index (χ1) is 16.4. The SMILES string of the molecule is COc1cccc(C(O)=C2C(=O)C(=O)N(c3nc4ccc(C)cc4s3)C2c2ccc(C)cc2)c1. The number of hydrogen-bond donors (Lipinski definition) is 1. The Kier molecular flexibility index (Phi) is 5.42. The number of fused-ring (bicyclic) bond motifs is 1. The van der Waals surface area contributed by atoms with Gasteiger partial charge in [-0.1, -0.05) is 59.4 Å². The van der Waals surface area contributed by atoms with Gasteiger partial charge < -0.3 is 9.84 Å². The van der Waals surface area contributed by atoms with Crippen LogP contribution in [0.25, 0.3) is 16.0 Å². The number of amides is 1. The predicted molar refractivity (Wildman–Crippen MR) is 133 cm³/mol. The molecule has 34 heavy (non-hydrogen) atoms. The van der Waals surface area contributed by atoms with E-state index < -0.39 is 17.7 Å². The highest BCUT2D eigenvalue weighted by molar-refractivity contribution is 7.22. The highest BCUT2D eigenvalue weighted by Gasteiger charge is 2.48. The average molecular weight is 471 g/mol. The van der Waals surface area contributed by atoms with Crippen LogP contribution in [-0.4, -0.2) is 28.9 Å². The van der Waals surface area contributed by atoms with Crippen LogP contribution in [0.3, 0.4) is 0 Å². The van der Waals surface area contributed by atoms with Gasteiger partial charge in [-0.3, -0.25) is 14.5 Å².